The van der Waals surface area contributed by atoms with Crippen LogP contribution in [0.1, 0.15) is 0 Å². The van der Waals surface area contributed by atoms with Crippen LogP contribution in [0.15, 0.2) is 199 Å². The summed E-state index contributed by atoms with van der Waals surface area (Å²) < 4.78 is 6.69. The summed E-state index contributed by atoms with van der Waals surface area (Å²) in [6.45, 7) is 0. The third-order valence-electron chi connectivity index (χ3n) is 10.0. The van der Waals surface area contributed by atoms with Crippen molar-refractivity contribution < 1.29 is 4.42 Å². The summed E-state index contributed by atoms with van der Waals surface area (Å²) in [6, 6.07) is 68.8. The molecule has 0 bridgehead atoms. The van der Waals surface area contributed by atoms with Crippen LogP contribution >= 0.6 is 0 Å². The van der Waals surface area contributed by atoms with E-state index in [1.807, 2.05) is 30.3 Å². The first-order valence-corrected chi connectivity index (χ1v) is 17.6. The minimum atomic E-state index is 0.620. The maximum atomic E-state index is 6.69. The molecule has 0 fully saturated rings. The average Bonchev–Trinajstić information content (AvgIpc) is 3.66. The second kappa shape index (κ2) is 12.4. The average molecular weight is 665 g/mol. The Morgan fingerprint density at radius 2 is 1.00 bits per heavy atom. The van der Waals surface area contributed by atoms with E-state index in [1.165, 1.54) is 27.5 Å². The molecule has 0 aliphatic rings. The maximum absolute atomic E-state index is 6.69. The van der Waals surface area contributed by atoms with Gasteiger partial charge >= 0.3 is 0 Å². The minimum absolute atomic E-state index is 0.620. The summed E-state index contributed by atoms with van der Waals surface area (Å²) in [5, 5.41) is 6.82. The van der Waals surface area contributed by atoms with Gasteiger partial charge in [-0.05, 0) is 98.2 Å². The third kappa shape index (κ3) is 5.10. The molecule has 244 valence electrons. The highest BCUT2D eigenvalue weighted by molar-refractivity contribution is 6.22. The van der Waals surface area contributed by atoms with Crippen LogP contribution in [0.2, 0.25) is 0 Å². The van der Waals surface area contributed by atoms with E-state index in [0.717, 1.165) is 60.8 Å². The Morgan fingerprint density at radius 3 is 1.77 bits per heavy atom. The number of fused-ring (bicyclic) bond motifs is 6. The van der Waals surface area contributed by atoms with Gasteiger partial charge in [0.1, 0.15) is 5.52 Å². The lowest BCUT2D eigenvalue weighted by Gasteiger charge is -2.29. The molecule has 0 unspecified atom stereocenters. The first kappa shape index (κ1) is 29.9. The fraction of sp³-hybridized carbons (Fsp3) is 0. The van der Waals surface area contributed by atoms with Crippen LogP contribution in [0, 0.1) is 0 Å². The third-order valence-corrected chi connectivity index (χ3v) is 10.0. The van der Waals surface area contributed by atoms with Gasteiger partial charge in [-0.15, -0.1) is 0 Å². The van der Waals surface area contributed by atoms with Crippen LogP contribution in [-0.4, -0.2) is 4.98 Å². The Bertz CT molecular complexity index is 2900. The summed E-state index contributed by atoms with van der Waals surface area (Å²) in [5.74, 6) is 0.620. The Labute approximate surface area is 301 Å². The second-order valence-electron chi connectivity index (χ2n) is 13.2. The first-order chi connectivity index (χ1) is 25.8. The van der Waals surface area contributed by atoms with E-state index in [0.29, 0.717) is 5.89 Å². The van der Waals surface area contributed by atoms with Crippen LogP contribution in [0.5, 0.6) is 0 Å². The zero-order chi connectivity index (χ0) is 34.4. The lowest BCUT2D eigenvalue weighted by Crippen LogP contribution is -2.11. The zero-order valence-corrected chi connectivity index (χ0v) is 28.3. The van der Waals surface area contributed by atoms with Gasteiger partial charge in [-0.3, -0.25) is 0 Å². The van der Waals surface area contributed by atoms with Crippen LogP contribution in [0.4, 0.5) is 17.1 Å². The predicted molar refractivity (Wildman–Crippen MR) is 218 cm³/mol. The molecular formula is C49H32N2O. The van der Waals surface area contributed by atoms with Gasteiger partial charge in [0.15, 0.2) is 5.58 Å². The molecule has 9 aromatic carbocycles. The van der Waals surface area contributed by atoms with Crippen LogP contribution in [-0.2, 0) is 0 Å². The Morgan fingerprint density at radius 1 is 0.404 bits per heavy atom. The van der Waals surface area contributed by atoms with Gasteiger partial charge in [-0.25, -0.2) is 4.98 Å². The SMILES string of the molecule is c1ccc(-c2nc3ccc4cc(-c5ccccc5)c5ccc(N(c6ccc7ccccc7c6)c6ccccc6-c6ccccc6)cc5c4c3o2)cc1. The van der Waals surface area contributed by atoms with Gasteiger partial charge in [0.05, 0.1) is 5.69 Å². The van der Waals surface area contributed by atoms with E-state index in [1.54, 1.807) is 0 Å². The summed E-state index contributed by atoms with van der Waals surface area (Å²) >= 11 is 0. The molecule has 0 aliphatic heterocycles. The Hall–Kier alpha value is -6.97. The minimum Gasteiger partial charge on any atom is -0.435 e. The number of hydrogen-bond donors (Lipinski definition) is 0. The van der Waals surface area contributed by atoms with Gasteiger partial charge in [0.2, 0.25) is 5.89 Å². The number of para-hydroxylation sites is 1. The summed E-state index contributed by atoms with van der Waals surface area (Å²) in [5.41, 5.74) is 10.5. The Kier molecular flexibility index (Phi) is 7.14. The first-order valence-electron chi connectivity index (χ1n) is 17.6. The molecule has 0 saturated heterocycles. The van der Waals surface area contributed by atoms with Gasteiger partial charge in [0, 0.05) is 27.9 Å². The van der Waals surface area contributed by atoms with E-state index in [4.69, 9.17) is 9.40 Å². The van der Waals surface area contributed by atoms with Crippen molar-refractivity contribution in [3.05, 3.63) is 194 Å². The van der Waals surface area contributed by atoms with Crippen molar-refractivity contribution >= 4 is 60.5 Å². The van der Waals surface area contributed by atoms with Crippen molar-refractivity contribution in [2.45, 2.75) is 0 Å². The molecular weight excluding hydrogens is 633 g/mol. The molecule has 10 aromatic rings. The number of benzene rings is 9. The van der Waals surface area contributed by atoms with Crippen molar-refractivity contribution in [1.82, 2.24) is 4.98 Å². The lowest BCUT2D eigenvalue weighted by molar-refractivity contribution is 0.623. The maximum Gasteiger partial charge on any atom is 0.227 e. The van der Waals surface area contributed by atoms with Gasteiger partial charge in [-0.1, -0.05) is 140 Å². The molecule has 52 heavy (non-hydrogen) atoms. The molecule has 0 aliphatic carbocycles. The largest absolute Gasteiger partial charge is 0.435 e. The normalized spacial score (nSPS) is 11.5. The number of rotatable bonds is 6. The van der Waals surface area contributed by atoms with E-state index >= 15 is 0 Å². The highest BCUT2D eigenvalue weighted by Crippen LogP contribution is 2.45. The second-order valence-corrected chi connectivity index (χ2v) is 13.2. The molecule has 3 nitrogen and oxygen atoms in total. The van der Waals surface area contributed by atoms with E-state index in [9.17, 15) is 0 Å². The molecule has 0 spiro atoms. The molecule has 1 aromatic heterocycles. The van der Waals surface area contributed by atoms with Gasteiger partial charge < -0.3 is 9.32 Å². The fourth-order valence-electron chi connectivity index (χ4n) is 7.59. The van der Waals surface area contributed by atoms with Crippen LogP contribution < -0.4 is 4.90 Å². The van der Waals surface area contributed by atoms with Crippen molar-refractivity contribution in [2.24, 2.45) is 0 Å². The summed E-state index contributed by atoms with van der Waals surface area (Å²) in [7, 11) is 0. The zero-order valence-electron chi connectivity index (χ0n) is 28.3. The lowest BCUT2D eigenvalue weighted by atomic mass is 9.92. The van der Waals surface area contributed by atoms with Crippen LogP contribution in [0.3, 0.4) is 0 Å². The highest BCUT2D eigenvalue weighted by Gasteiger charge is 2.21. The number of oxazole rings is 1. The molecule has 10 rings (SSSR count). The Balaban J connectivity index is 1.28. The number of nitrogens with zero attached hydrogens (tertiary/aromatic N) is 2. The standard InChI is InChI=1S/C49H32N2O/c1-4-15-34(16-5-1)41-22-12-13-23-46(41)51(39-26-24-33-14-10-11-21-37(33)30-39)40-27-28-42-43(35-17-6-2-7-18-35)31-38-25-29-45-48(47(38)44(42)32-40)52-49(50-45)36-19-8-3-9-20-36/h1-32H. The molecule has 0 atom stereocenters. The van der Waals surface area contributed by atoms with E-state index in [2.05, 4.69) is 169 Å². The fourth-order valence-corrected chi connectivity index (χ4v) is 7.59. The van der Waals surface area contributed by atoms with E-state index in [-0.39, 0.29) is 0 Å². The monoisotopic (exact) mass is 664 g/mol. The van der Waals surface area contributed by atoms with Crippen molar-refractivity contribution in [2.75, 3.05) is 4.90 Å². The molecule has 1 heterocycles. The highest BCUT2D eigenvalue weighted by atomic mass is 16.3. The number of hydrogen-bond acceptors (Lipinski definition) is 3. The number of aromatic nitrogens is 1. The van der Waals surface area contributed by atoms with Crippen LogP contribution in [0.25, 0.3) is 77.1 Å². The van der Waals surface area contributed by atoms with Gasteiger partial charge in [0.25, 0.3) is 0 Å². The summed E-state index contributed by atoms with van der Waals surface area (Å²) in [4.78, 5) is 7.36. The molecule has 0 radical (unpaired) electrons. The molecule has 3 heteroatoms. The van der Waals surface area contributed by atoms with Gasteiger partial charge in [-0.2, -0.15) is 0 Å². The van der Waals surface area contributed by atoms with Crippen molar-refractivity contribution in [1.29, 1.82) is 0 Å². The molecule has 0 saturated carbocycles. The summed E-state index contributed by atoms with van der Waals surface area (Å²) in [6.07, 6.45) is 0. The number of anilines is 3. The predicted octanol–water partition coefficient (Wildman–Crippen LogP) is 13.8. The quantitative estimate of drug-likeness (QED) is 0.166. The molecule has 0 amide bonds. The van der Waals surface area contributed by atoms with E-state index < -0.39 is 0 Å². The molecule has 0 N–H and O–H groups in total. The van der Waals surface area contributed by atoms with Crippen molar-refractivity contribution in [3.8, 4) is 33.7 Å². The topological polar surface area (TPSA) is 29.3 Å². The van der Waals surface area contributed by atoms with Crippen molar-refractivity contribution in [3.63, 3.8) is 0 Å². The smallest absolute Gasteiger partial charge is 0.227 e.